The first kappa shape index (κ1) is 36.1. The summed E-state index contributed by atoms with van der Waals surface area (Å²) >= 11 is 0. The van der Waals surface area contributed by atoms with E-state index >= 15 is 0 Å². The zero-order valence-electron chi connectivity index (χ0n) is 28.4. The maximum absolute atomic E-state index is 13.4. The number of pyridine rings is 1. The number of benzene rings is 2. The van der Waals surface area contributed by atoms with Gasteiger partial charge in [0.05, 0.1) is 25.0 Å². The lowest BCUT2D eigenvalue weighted by Crippen LogP contribution is -2.41. The first-order chi connectivity index (χ1) is 24.0. The largest absolute Gasteiger partial charge is 0.385 e. The van der Waals surface area contributed by atoms with E-state index in [9.17, 15) is 23.2 Å². The van der Waals surface area contributed by atoms with Crippen LogP contribution in [0.1, 0.15) is 75.4 Å². The Kier molecular flexibility index (Phi) is 11.6. The SMILES string of the molecule is CCCN(CCC)C(=O)C1=Cc2ccc(C(=O)Nc3cnc4c(c3)CN(Cc3ccc(C(=O)NCC(F)(F)CN)cc3)CC4)cc2C=C(N)N1. The third-order valence-corrected chi connectivity index (χ3v) is 8.55. The molecule has 0 bridgehead atoms. The van der Waals surface area contributed by atoms with Gasteiger partial charge in [0.25, 0.3) is 23.6 Å². The Morgan fingerprint density at radius 3 is 2.40 bits per heavy atom. The third kappa shape index (κ3) is 9.10. The Hall–Kier alpha value is -5.14. The molecule has 3 aromatic rings. The normalized spacial score (nSPS) is 14.3. The van der Waals surface area contributed by atoms with Crippen molar-refractivity contribution in [2.24, 2.45) is 11.5 Å². The summed E-state index contributed by atoms with van der Waals surface area (Å²) in [5.41, 5.74) is 17.4. The highest BCUT2D eigenvalue weighted by Crippen LogP contribution is 2.25. The highest BCUT2D eigenvalue weighted by atomic mass is 19.3. The Morgan fingerprint density at radius 1 is 0.980 bits per heavy atom. The first-order valence-corrected chi connectivity index (χ1v) is 16.8. The van der Waals surface area contributed by atoms with Gasteiger partial charge >= 0.3 is 0 Å². The molecule has 3 amide bonds. The number of fused-ring (bicyclic) bond motifs is 2. The molecule has 2 aliphatic rings. The van der Waals surface area contributed by atoms with Gasteiger partial charge in [-0.05, 0) is 77.6 Å². The number of halogens is 2. The standard InChI is InChI=1S/C37H44F2N8O3/c1-3-12-47(13-4-2)36(50)32-17-26-9-10-27(15-28(26)18-33(41)45-32)35(49)44-30-16-29-21-46(14-11-31(29)42-19-30)20-24-5-7-25(8-6-24)34(48)43-23-37(38,39)22-40/h5-10,15-19,45H,3-4,11-14,20-23,40-41H2,1-2H3,(H,43,48)(H,44,49). The number of anilines is 1. The molecule has 5 rings (SSSR count). The second-order valence-electron chi connectivity index (χ2n) is 12.6. The van der Waals surface area contributed by atoms with Gasteiger partial charge in [-0.2, -0.15) is 0 Å². The molecule has 1 aromatic heterocycles. The van der Waals surface area contributed by atoms with Crippen molar-refractivity contribution in [3.8, 4) is 0 Å². The van der Waals surface area contributed by atoms with Crippen LogP contribution in [-0.2, 0) is 24.3 Å². The molecular weight excluding hydrogens is 642 g/mol. The van der Waals surface area contributed by atoms with Crippen molar-refractivity contribution in [3.05, 3.63) is 105 Å². The molecule has 2 aliphatic heterocycles. The fraction of sp³-hybridized carbons (Fsp3) is 0.351. The molecule has 50 heavy (non-hydrogen) atoms. The molecule has 0 unspecified atom stereocenters. The van der Waals surface area contributed by atoms with Crippen LogP contribution in [0.25, 0.3) is 12.2 Å². The lowest BCUT2D eigenvalue weighted by atomic mass is 10.0. The predicted octanol–water partition coefficient (Wildman–Crippen LogP) is 4.07. The van der Waals surface area contributed by atoms with Crippen molar-refractivity contribution in [1.82, 2.24) is 25.4 Å². The fourth-order valence-electron chi connectivity index (χ4n) is 5.96. The molecule has 0 saturated carbocycles. The van der Waals surface area contributed by atoms with E-state index in [1.54, 1.807) is 48.7 Å². The summed E-state index contributed by atoms with van der Waals surface area (Å²) in [5, 5.41) is 8.21. The Balaban J connectivity index is 1.22. The maximum atomic E-state index is 13.4. The van der Waals surface area contributed by atoms with Gasteiger partial charge in [-0.3, -0.25) is 24.3 Å². The molecule has 7 N–H and O–H groups in total. The second-order valence-corrected chi connectivity index (χ2v) is 12.6. The molecular formula is C37H44F2N8O3. The maximum Gasteiger partial charge on any atom is 0.277 e. The quantitative estimate of drug-likeness (QED) is 0.180. The number of nitrogens with zero attached hydrogens (tertiary/aromatic N) is 3. The van der Waals surface area contributed by atoms with Gasteiger partial charge in [0, 0.05) is 56.0 Å². The van der Waals surface area contributed by atoms with Crippen LogP contribution in [-0.4, -0.2) is 71.2 Å². The molecule has 264 valence electrons. The molecule has 3 heterocycles. The topological polar surface area (TPSA) is 159 Å². The number of alkyl halides is 2. The van der Waals surface area contributed by atoms with Gasteiger partial charge in [0.1, 0.15) is 11.5 Å². The van der Waals surface area contributed by atoms with Crippen LogP contribution < -0.4 is 27.4 Å². The van der Waals surface area contributed by atoms with Crippen molar-refractivity contribution in [1.29, 1.82) is 0 Å². The van der Waals surface area contributed by atoms with Crippen molar-refractivity contribution in [2.45, 2.75) is 52.1 Å². The number of nitrogens with two attached hydrogens (primary N) is 2. The number of amides is 3. The summed E-state index contributed by atoms with van der Waals surface area (Å²) in [4.78, 5) is 47.6. The predicted molar refractivity (Wildman–Crippen MR) is 190 cm³/mol. The van der Waals surface area contributed by atoms with Gasteiger partial charge in [-0.15, -0.1) is 0 Å². The van der Waals surface area contributed by atoms with E-state index in [-0.39, 0.29) is 11.8 Å². The summed E-state index contributed by atoms with van der Waals surface area (Å²) in [6.45, 7) is 5.72. The van der Waals surface area contributed by atoms with Gasteiger partial charge in [-0.1, -0.05) is 32.0 Å². The zero-order chi connectivity index (χ0) is 35.8. The van der Waals surface area contributed by atoms with E-state index in [0.717, 1.165) is 48.2 Å². The molecule has 0 atom stereocenters. The lowest BCUT2D eigenvalue weighted by Gasteiger charge is -2.28. The van der Waals surface area contributed by atoms with Crippen LogP contribution in [0.4, 0.5) is 14.5 Å². The Bertz CT molecular complexity index is 1790. The molecule has 2 aromatic carbocycles. The van der Waals surface area contributed by atoms with Crippen LogP contribution >= 0.6 is 0 Å². The molecule has 0 aliphatic carbocycles. The second kappa shape index (κ2) is 16.0. The summed E-state index contributed by atoms with van der Waals surface area (Å²) in [5.74, 6) is -3.85. The van der Waals surface area contributed by atoms with E-state index in [1.165, 1.54) is 0 Å². The molecule has 0 spiro atoms. The van der Waals surface area contributed by atoms with E-state index in [1.807, 2.05) is 36.9 Å². The summed E-state index contributed by atoms with van der Waals surface area (Å²) in [6, 6.07) is 14.0. The number of hydrogen-bond acceptors (Lipinski definition) is 8. The van der Waals surface area contributed by atoms with Crippen LogP contribution in [0.2, 0.25) is 0 Å². The van der Waals surface area contributed by atoms with Crippen molar-refractivity contribution >= 4 is 35.6 Å². The minimum Gasteiger partial charge on any atom is -0.385 e. The third-order valence-electron chi connectivity index (χ3n) is 8.55. The van der Waals surface area contributed by atoms with Crippen LogP contribution in [0.15, 0.2) is 66.2 Å². The number of nitrogens with one attached hydrogen (secondary N) is 3. The van der Waals surface area contributed by atoms with Gasteiger partial charge < -0.3 is 32.3 Å². The van der Waals surface area contributed by atoms with Crippen molar-refractivity contribution < 1.29 is 23.2 Å². The van der Waals surface area contributed by atoms with Gasteiger partial charge in [0.2, 0.25) is 0 Å². The molecule has 0 saturated heterocycles. The number of carbonyl (C=O) groups is 3. The van der Waals surface area contributed by atoms with E-state index < -0.39 is 24.9 Å². The Labute approximate surface area is 290 Å². The average molecular weight is 687 g/mol. The van der Waals surface area contributed by atoms with Crippen molar-refractivity contribution in [2.75, 3.05) is 38.0 Å². The molecule has 13 heteroatoms. The number of hydrogen-bond donors (Lipinski definition) is 5. The lowest BCUT2D eigenvalue weighted by molar-refractivity contribution is -0.127. The van der Waals surface area contributed by atoms with Gasteiger partial charge in [-0.25, -0.2) is 8.78 Å². The minimum atomic E-state index is -3.15. The zero-order valence-corrected chi connectivity index (χ0v) is 28.4. The van der Waals surface area contributed by atoms with Crippen LogP contribution in [0.5, 0.6) is 0 Å². The molecule has 0 radical (unpaired) electrons. The number of carbonyl (C=O) groups excluding carboxylic acids is 3. The van der Waals surface area contributed by atoms with E-state index in [0.29, 0.717) is 60.1 Å². The fourth-order valence-corrected chi connectivity index (χ4v) is 5.96. The van der Waals surface area contributed by atoms with Crippen molar-refractivity contribution in [3.63, 3.8) is 0 Å². The summed E-state index contributed by atoms with van der Waals surface area (Å²) < 4.78 is 26.8. The average Bonchev–Trinajstić information content (AvgIpc) is 3.28. The highest BCUT2D eigenvalue weighted by Gasteiger charge is 2.27. The van der Waals surface area contributed by atoms with E-state index in [4.69, 9.17) is 11.5 Å². The van der Waals surface area contributed by atoms with Crippen LogP contribution in [0.3, 0.4) is 0 Å². The molecule has 0 fully saturated rings. The first-order valence-electron chi connectivity index (χ1n) is 16.8. The minimum absolute atomic E-state index is 0.119. The van der Waals surface area contributed by atoms with Gasteiger partial charge in [0.15, 0.2) is 0 Å². The number of rotatable bonds is 13. The molecule has 11 nitrogen and oxygen atoms in total. The van der Waals surface area contributed by atoms with E-state index in [2.05, 4.69) is 25.8 Å². The Morgan fingerprint density at radius 2 is 1.70 bits per heavy atom. The summed E-state index contributed by atoms with van der Waals surface area (Å²) in [7, 11) is 0. The smallest absolute Gasteiger partial charge is 0.277 e. The van der Waals surface area contributed by atoms with Crippen LogP contribution in [0, 0.1) is 0 Å². The highest BCUT2D eigenvalue weighted by molar-refractivity contribution is 6.05. The number of aromatic nitrogens is 1. The summed E-state index contributed by atoms with van der Waals surface area (Å²) in [6.07, 6.45) is 7.58. The monoisotopic (exact) mass is 686 g/mol.